The fraction of sp³-hybridized carbons (Fsp3) is 0.294. The Hall–Kier alpha value is -1.79. The topological polar surface area (TPSA) is 68.3 Å². The average molecular weight is 413 g/mol. The molecule has 0 fully saturated rings. The molecule has 2 N–H and O–H groups in total. The molecular formula is C17H19BrClN3O2. The number of halogens is 2. The van der Waals surface area contributed by atoms with Crippen LogP contribution in [0, 0.1) is 0 Å². The molecule has 3 rings (SSSR count). The number of hydrogen-bond donors (Lipinski definition) is 1. The van der Waals surface area contributed by atoms with Crippen molar-refractivity contribution in [3.05, 3.63) is 56.9 Å². The first kappa shape index (κ1) is 18.5. The largest absolute Gasteiger partial charge is 0.398 e. The van der Waals surface area contributed by atoms with E-state index in [1.165, 1.54) is 6.07 Å². The number of amides is 1. The zero-order valence-corrected chi connectivity index (χ0v) is 15.5. The number of nitrogens with zero attached hydrogens (tertiary/aromatic N) is 2. The van der Waals surface area contributed by atoms with Crippen molar-refractivity contribution in [3.8, 4) is 0 Å². The van der Waals surface area contributed by atoms with Crippen molar-refractivity contribution in [2.45, 2.75) is 25.8 Å². The molecule has 0 unspecified atom stereocenters. The molecule has 1 aromatic carbocycles. The maximum absolute atomic E-state index is 12.6. The molecule has 0 bridgehead atoms. The van der Waals surface area contributed by atoms with Crippen LogP contribution in [0.1, 0.15) is 18.4 Å². The Morgan fingerprint density at radius 3 is 2.83 bits per heavy atom. The van der Waals surface area contributed by atoms with Gasteiger partial charge in [-0.25, -0.2) is 0 Å². The van der Waals surface area contributed by atoms with E-state index in [2.05, 4.69) is 15.9 Å². The molecule has 5 nitrogen and oxygen atoms in total. The number of aromatic nitrogens is 1. The number of carbonyl (C=O) groups is 1. The lowest BCUT2D eigenvalue weighted by Crippen LogP contribution is -2.36. The summed E-state index contributed by atoms with van der Waals surface area (Å²) in [7, 11) is 0. The van der Waals surface area contributed by atoms with Crippen LogP contribution >= 0.6 is 28.3 Å². The molecule has 0 atom stereocenters. The predicted octanol–water partition coefficient (Wildman–Crippen LogP) is 2.98. The van der Waals surface area contributed by atoms with Gasteiger partial charge in [-0.1, -0.05) is 6.07 Å². The fourth-order valence-electron chi connectivity index (χ4n) is 2.94. The van der Waals surface area contributed by atoms with E-state index in [4.69, 9.17) is 5.73 Å². The second-order valence-corrected chi connectivity index (χ2v) is 6.54. The first-order valence-corrected chi connectivity index (χ1v) is 8.39. The van der Waals surface area contributed by atoms with Crippen LogP contribution in [0.15, 0.2) is 45.8 Å². The fourth-order valence-corrected chi connectivity index (χ4v) is 3.32. The number of hydrogen-bond acceptors (Lipinski definition) is 3. The molecule has 0 saturated carbocycles. The lowest BCUT2D eigenvalue weighted by molar-refractivity contribution is -0.118. The minimum absolute atomic E-state index is 0. The standard InChI is InChI=1S/C17H18BrN3O2.ClH/c18-12-6-7-16(22)20(11-12)10-8-17(23)21-9-2-3-13-14(19)4-1-5-15(13)21;/h1,4-7,11H,2-3,8-10,19H2;1H. The van der Waals surface area contributed by atoms with E-state index in [9.17, 15) is 9.59 Å². The predicted molar refractivity (Wildman–Crippen MR) is 102 cm³/mol. The molecule has 128 valence electrons. The highest BCUT2D eigenvalue weighted by atomic mass is 79.9. The number of rotatable bonds is 3. The summed E-state index contributed by atoms with van der Waals surface area (Å²) < 4.78 is 2.37. The van der Waals surface area contributed by atoms with Crippen molar-refractivity contribution in [1.82, 2.24) is 4.57 Å². The van der Waals surface area contributed by atoms with Crippen molar-refractivity contribution >= 4 is 45.6 Å². The smallest absolute Gasteiger partial charge is 0.250 e. The highest BCUT2D eigenvalue weighted by Crippen LogP contribution is 2.31. The van der Waals surface area contributed by atoms with Gasteiger partial charge in [-0.3, -0.25) is 9.59 Å². The van der Waals surface area contributed by atoms with Crippen LogP contribution in [-0.4, -0.2) is 17.0 Å². The number of aryl methyl sites for hydroxylation is 1. The third-order valence-electron chi connectivity index (χ3n) is 4.10. The van der Waals surface area contributed by atoms with Crippen molar-refractivity contribution in [2.24, 2.45) is 0 Å². The van der Waals surface area contributed by atoms with E-state index in [0.717, 1.165) is 34.3 Å². The average Bonchev–Trinajstić information content (AvgIpc) is 2.55. The molecule has 7 heteroatoms. The molecule has 2 heterocycles. The zero-order chi connectivity index (χ0) is 16.4. The number of anilines is 2. The minimum atomic E-state index is -0.107. The third kappa shape index (κ3) is 3.82. The van der Waals surface area contributed by atoms with Crippen LogP contribution in [0.2, 0.25) is 0 Å². The summed E-state index contributed by atoms with van der Waals surface area (Å²) in [5.74, 6) is 0.0171. The first-order chi connectivity index (χ1) is 11.1. The highest BCUT2D eigenvalue weighted by molar-refractivity contribution is 9.10. The number of benzene rings is 1. The Morgan fingerprint density at radius 1 is 1.25 bits per heavy atom. The van der Waals surface area contributed by atoms with E-state index >= 15 is 0 Å². The molecule has 2 aromatic rings. The van der Waals surface area contributed by atoms with Crippen LogP contribution < -0.4 is 16.2 Å². The summed E-state index contributed by atoms with van der Waals surface area (Å²) in [5, 5.41) is 0. The van der Waals surface area contributed by atoms with E-state index in [1.54, 1.807) is 21.7 Å². The molecule has 0 spiro atoms. The van der Waals surface area contributed by atoms with E-state index in [1.807, 2.05) is 18.2 Å². The molecule has 24 heavy (non-hydrogen) atoms. The Morgan fingerprint density at radius 2 is 2.04 bits per heavy atom. The molecular weight excluding hydrogens is 394 g/mol. The van der Waals surface area contributed by atoms with Gasteiger partial charge >= 0.3 is 0 Å². The Labute approximate surface area is 155 Å². The van der Waals surface area contributed by atoms with Crippen LogP contribution in [0.3, 0.4) is 0 Å². The van der Waals surface area contributed by atoms with Crippen LogP contribution in [0.4, 0.5) is 11.4 Å². The summed E-state index contributed by atoms with van der Waals surface area (Å²) in [6, 6.07) is 8.87. The van der Waals surface area contributed by atoms with Gasteiger partial charge in [0.25, 0.3) is 5.56 Å². The van der Waals surface area contributed by atoms with Gasteiger partial charge in [0.2, 0.25) is 5.91 Å². The van der Waals surface area contributed by atoms with Gasteiger partial charge in [-0.15, -0.1) is 12.4 Å². The number of nitrogens with two attached hydrogens (primary N) is 1. The molecule has 1 aliphatic rings. The summed E-state index contributed by atoms with van der Waals surface area (Å²) >= 11 is 3.34. The number of carbonyl (C=O) groups excluding carboxylic acids is 1. The quantitative estimate of drug-likeness (QED) is 0.788. The molecule has 0 aliphatic carbocycles. The van der Waals surface area contributed by atoms with Gasteiger partial charge in [-0.05, 0) is 52.5 Å². The summed E-state index contributed by atoms with van der Waals surface area (Å²) in [4.78, 5) is 26.2. The summed E-state index contributed by atoms with van der Waals surface area (Å²) in [6.07, 6.45) is 3.79. The van der Waals surface area contributed by atoms with Gasteiger partial charge < -0.3 is 15.2 Å². The number of pyridine rings is 1. The van der Waals surface area contributed by atoms with Crippen molar-refractivity contribution in [1.29, 1.82) is 0 Å². The number of fused-ring (bicyclic) bond motifs is 1. The molecule has 1 aliphatic heterocycles. The zero-order valence-electron chi connectivity index (χ0n) is 13.1. The van der Waals surface area contributed by atoms with E-state index in [0.29, 0.717) is 13.1 Å². The summed E-state index contributed by atoms with van der Waals surface area (Å²) in [6.45, 7) is 1.06. The van der Waals surface area contributed by atoms with Gasteiger partial charge in [0.15, 0.2) is 0 Å². The van der Waals surface area contributed by atoms with Gasteiger partial charge in [0, 0.05) is 47.6 Å². The normalized spacial score (nSPS) is 13.1. The van der Waals surface area contributed by atoms with Gasteiger partial charge in [0.1, 0.15) is 0 Å². The lowest BCUT2D eigenvalue weighted by atomic mass is 9.99. The molecule has 1 amide bonds. The third-order valence-corrected chi connectivity index (χ3v) is 4.57. The first-order valence-electron chi connectivity index (χ1n) is 7.60. The summed E-state index contributed by atoms with van der Waals surface area (Å²) in [5.41, 5.74) is 8.60. The van der Waals surface area contributed by atoms with Crippen molar-refractivity contribution < 1.29 is 4.79 Å². The molecule has 1 aromatic heterocycles. The van der Waals surface area contributed by atoms with Crippen LogP contribution in [-0.2, 0) is 17.8 Å². The SMILES string of the molecule is Cl.Nc1cccc2c1CCCN2C(=O)CCn1cc(Br)ccc1=O. The molecule has 0 saturated heterocycles. The van der Waals surface area contributed by atoms with Gasteiger partial charge in [0.05, 0.1) is 0 Å². The van der Waals surface area contributed by atoms with Gasteiger partial charge in [-0.2, -0.15) is 0 Å². The van der Waals surface area contributed by atoms with Crippen molar-refractivity contribution in [2.75, 3.05) is 17.2 Å². The van der Waals surface area contributed by atoms with E-state index < -0.39 is 0 Å². The molecule has 0 radical (unpaired) electrons. The maximum atomic E-state index is 12.6. The monoisotopic (exact) mass is 411 g/mol. The van der Waals surface area contributed by atoms with Crippen LogP contribution in [0.5, 0.6) is 0 Å². The van der Waals surface area contributed by atoms with E-state index in [-0.39, 0.29) is 30.3 Å². The lowest BCUT2D eigenvalue weighted by Gasteiger charge is -2.30. The second kappa shape index (κ2) is 7.85. The Bertz CT molecular complexity index is 807. The Kier molecular flexibility index (Phi) is 6.07. The van der Waals surface area contributed by atoms with Crippen LogP contribution in [0.25, 0.3) is 0 Å². The highest BCUT2D eigenvalue weighted by Gasteiger charge is 2.23. The maximum Gasteiger partial charge on any atom is 0.250 e. The minimum Gasteiger partial charge on any atom is -0.398 e. The van der Waals surface area contributed by atoms with Crippen molar-refractivity contribution in [3.63, 3.8) is 0 Å². The number of nitrogen functional groups attached to an aromatic ring is 1. The second-order valence-electron chi connectivity index (χ2n) is 5.62. The Balaban J connectivity index is 0.00000208.